The number of amides is 1. The second-order valence-corrected chi connectivity index (χ2v) is 4.66. The molecule has 2 rings (SSSR count). The maximum absolute atomic E-state index is 12.0. The number of carbonyl (C=O) groups is 1. The number of benzene rings is 2. The van der Waals surface area contributed by atoms with Gasteiger partial charge in [-0.25, -0.2) is 0 Å². The van der Waals surface area contributed by atoms with E-state index in [1.165, 1.54) is 12.1 Å². The number of nitrogens with one attached hydrogen (secondary N) is 1. The van der Waals surface area contributed by atoms with E-state index in [9.17, 15) is 14.9 Å². The Balaban J connectivity index is 2.20. The summed E-state index contributed by atoms with van der Waals surface area (Å²) in [4.78, 5) is 22.3. The normalized spacial score (nSPS) is 10.1. The van der Waals surface area contributed by atoms with Gasteiger partial charge in [-0.05, 0) is 37.3 Å². The first-order valence-electron chi connectivity index (χ1n) is 5.79. The van der Waals surface area contributed by atoms with Crippen LogP contribution in [0, 0.1) is 17.0 Å². The van der Waals surface area contributed by atoms with Crippen LogP contribution in [0.4, 0.5) is 11.4 Å². The molecule has 0 fully saturated rings. The molecule has 0 saturated heterocycles. The maximum atomic E-state index is 12.0. The Morgan fingerprint density at radius 1 is 1.25 bits per heavy atom. The molecule has 2 aromatic carbocycles. The van der Waals surface area contributed by atoms with Crippen molar-refractivity contribution in [2.24, 2.45) is 0 Å². The Bertz CT molecular complexity index is 686. The van der Waals surface area contributed by atoms with Gasteiger partial charge in [-0.15, -0.1) is 0 Å². The maximum Gasteiger partial charge on any atom is 0.272 e. The number of halogens is 1. The number of nitro groups is 1. The fourth-order valence-electron chi connectivity index (χ4n) is 1.77. The van der Waals surface area contributed by atoms with E-state index in [2.05, 4.69) is 5.32 Å². The lowest BCUT2D eigenvalue weighted by atomic mass is 10.1. The molecule has 1 amide bonds. The van der Waals surface area contributed by atoms with E-state index < -0.39 is 4.92 Å². The number of carbonyl (C=O) groups excluding carboxylic acids is 1. The van der Waals surface area contributed by atoms with Gasteiger partial charge in [0.25, 0.3) is 11.6 Å². The molecule has 5 nitrogen and oxygen atoms in total. The summed E-state index contributed by atoms with van der Waals surface area (Å²) < 4.78 is 0. The van der Waals surface area contributed by atoms with Gasteiger partial charge < -0.3 is 5.32 Å². The molecular formula is C14H11ClN2O3. The van der Waals surface area contributed by atoms with Gasteiger partial charge in [-0.1, -0.05) is 17.7 Å². The summed E-state index contributed by atoms with van der Waals surface area (Å²) in [6.07, 6.45) is 0. The number of anilines is 1. The van der Waals surface area contributed by atoms with Crippen molar-refractivity contribution in [2.45, 2.75) is 6.92 Å². The lowest BCUT2D eigenvalue weighted by Crippen LogP contribution is -2.12. The van der Waals surface area contributed by atoms with E-state index in [-0.39, 0.29) is 11.6 Å². The molecule has 0 radical (unpaired) electrons. The molecular weight excluding hydrogens is 280 g/mol. The summed E-state index contributed by atoms with van der Waals surface area (Å²) in [5.74, 6) is -0.319. The van der Waals surface area contributed by atoms with Gasteiger partial charge in [0, 0.05) is 27.9 Å². The molecule has 0 aliphatic heterocycles. The zero-order valence-corrected chi connectivity index (χ0v) is 11.3. The Labute approximate surface area is 120 Å². The monoisotopic (exact) mass is 290 g/mol. The molecule has 1 N–H and O–H groups in total. The number of hydrogen-bond acceptors (Lipinski definition) is 3. The van der Waals surface area contributed by atoms with E-state index in [1.54, 1.807) is 37.3 Å². The predicted octanol–water partition coefficient (Wildman–Crippen LogP) is 3.81. The van der Waals surface area contributed by atoms with Gasteiger partial charge in [-0.3, -0.25) is 14.9 Å². The second-order valence-electron chi connectivity index (χ2n) is 4.22. The average molecular weight is 291 g/mol. The van der Waals surface area contributed by atoms with Crippen molar-refractivity contribution in [3.8, 4) is 0 Å². The Hall–Kier alpha value is -2.40. The number of nitrogens with zero attached hydrogens (tertiary/aromatic N) is 1. The summed E-state index contributed by atoms with van der Waals surface area (Å²) in [5.41, 5.74) is 1.43. The predicted molar refractivity (Wildman–Crippen MR) is 77.2 cm³/mol. The van der Waals surface area contributed by atoms with Crippen molar-refractivity contribution < 1.29 is 9.72 Å². The van der Waals surface area contributed by atoms with Gasteiger partial charge in [0.1, 0.15) is 0 Å². The standard InChI is InChI=1S/C14H11ClN2O3/c1-9-7-12(5-6-13(9)17(19)20)16-14(18)10-3-2-4-11(15)8-10/h2-8H,1H3,(H,16,18). The van der Waals surface area contributed by atoms with Gasteiger partial charge in [0.2, 0.25) is 0 Å². The molecule has 102 valence electrons. The van der Waals surface area contributed by atoms with Crippen LogP contribution in [-0.4, -0.2) is 10.8 Å². The van der Waals surface area contributed by atoms with E-state index in [4.69, 9.17) is 11.6 Å². The molecule has 2 aromatic rings. The van der Waals surface area contributed by atoms with Crippen LogP contribution in [0.5, 0.6) is 0 Å². The Morgan fingerprint density at radius 2 is 2.00 bits per heavy atom. The minimum Gasteiger partial charge on any atom is -0.322 e. The van der Waals surface area contributed by atoms with Gasteiger partial charge in [0.15, 0.2) is 0 Å². The molecule has 0 bridgehead atoms. The zero-order chi connectivity index (χ0) is 14.7. The van der Waals surface area contributed by atoms with Crippen molar-refractivity contribution in [1.82, 2.24) is 0 Å². The van der Waals surface area contributed by atoms with Crippen LogP contribution in [0.15, 0.2) is 42.5 Å². The third kappa shape index (κ3) is 3.13. The van der Waals surface area contributed by atoms with E-state index in [0.29, 0.717) is 21.8 Å². The highest BCUT2D eigenvalue weighted by atomic mass is 35.5. The van der Waals surface area contributed by atoms with Crippen molar-refractivity contribution in [3.63, 3.8) is 0 Å². The average Bonchev–Trinajstić information content (AvgIpc) is 2.38. The first kappa shape index (κ1) is 14.0. The minimum atomic E-state index is -0.460. The van der Waals surface area contributed by atoms with Crippen LogP contribution >= 0.6 is 11.6 Å². The molecule has 0 heterocycles. The highest BCUT2D eigenvalue weighted by molar-refractivity contribution is 6.31. The fourth-order valence-corrected chi connectivity index (χ4v) is 1.96. The van der Waals surface area contributed by atoms with E-state index in [0.717, 1.165) is 0 Å². The molecule has 20 heavy (non-hydrogen) atoms. The Morgan fingerprint density at radius 3 is 2.60 bits per heavy atom. The quantitative estimate of drug-likeness (QED) is 0.690. The topological polar surface area (TPSA) is 72.2 Å². The van der Waals surface area contributed by atoms with Crippen LogP contribution in [0.2, 0.25) is 5.02 Å². The van der Waals surface area contributed by atoms with Crippen molar-refractivity contribution in [2.75, 3.05) is 5.32 Å². The lowest BCUT2D eigenvalue weighted by Gasteiger charge is -2.06. The van der Waals surface area contributed by atoms with Crippen LogP contribution in [0.3, 0.4) is 0 Å². The number of hydrogen-bond donors (Lipinski definition) is 1. The van der Waals surface area contributed by atoms with Crippen molar-refractivity contribution >= 4 is 28.9 Å². The lowest BCUT2D eigenvalue weighted by molar-refractivity contribution is -0.385. The molecule has 0 aromatic heterocycles. The van der Waals surface area contributed by atoms with Crippen LogP contribution in [0.1, 0.15) is 15.9 Å². The third-order valence-corrected chi connectivity index (χ3v) is 2.97. The molecule has 0 spiro atoms. The zero-order valence-electron chi connectivity index (χ0n) is 10.6. The van der Waals surface area contributed by atoms with Gasteiger partial charge >= 0.3 is 0 Å². The molecule has 0 aliphatic rings. The van der Waals surface area contributed by atoms with Gasteiger partial charge in [-0.2, -0.15) is 0 Å². The smallest absolute Gasteiger partial charge is 0.272 e. The van der Waals surface area contributed by atoms with Crippen LogP contribution < -0.4 is 5.32 Å². The summed E-state index contributed by atoms with van der Waals surface area (Å²) in [7, 11) is 0. The van der Waals surface area contributed by atoms with Gasteiger partial charge in [0.05, 0.1) is 4.92 Å². The molecule has 6 heteroatoms. The third-order valence-electron chi connectivity index (χ3n) is 2.74. The number of aryl methyl sites for hydroxylation is 1. The number of nitro benzene ring substituents is 1. The van der Waals surface area contributed by atoms with E-state index >= 15 is 0 Å². The SMILES string of the molecule is Cc1cc(NC(=O)c2cccc(Cl)c2)ccc1[N+](=O)[O-]. The highest BCUT2D eigenvalue weighted by Gasteiger charge is 2.12. The fraction of sp³-hybridized carbons (Fsp3) is 0.0714. The largest absolute Gasteiger partial charge is 0.322 e. The molecule has 0 aliphatic carbocycles. The highest BCUT2D eigenvalue weighted by Crippen LogP contribution is 2.22. The summed E-state index contributed by atoms with van der Waals surface area (Å²) in [6.45, 7) is 1.62. The Kier molecular flexibility index (Phi) is 4.00. The summed E-state index contributed by atoms with van der Waals surface area (Å²) in [6, 6.07) is 11.0. The van der Waals surface area contributed by atoms with Crippen LogP contribution in [-0.2, 0) is 0 Å². The molecule has 0 atom stereocenters. The summed E-state index contributed by atoms with van der Waals surface area (Å²) in [5, 5.41) is 13.9. The second kappa shape index (κ2) is 5.71. The molecule has 0 saturated carbocycles. The van der Waals surface area contributed by atoms with Crippen molar-refractivity contribution in [1.29, 1.82) is 0 Å². The summed E-state index contributed by atoms with van der Waals surface area (Å²) >= 11 is 5.82. The first-order valence-corrected chi connectivity index (χ1v) is 6.17. The minimum absolute atomic E-state index is 0.0192. The van der Waals surface area contributed by atoms with Crippen molar-refractivity contribution in [3.05, 3.63) is 68.7 Å². The van der Waals surface area contributed by atoms with Crippen LogP contribution in [0.25, 0.3) is 0 Å². The molecule has 0 unspecified atom stereocenters. The van der Waals surface area contributed by atoms with E-state index in [1.807, 2.05) is 0 Å². The number of rotatable bonds is 3. The first-order chi connectivity index (χ1) is 9.47.